The van der Waals surface area contributed by atoms with Crippen LogP contribution in [0.1, 0.15) is 46.2 Å². The molecule has 6 nitrogen and oxygen atoms in total. The van der Waals surface area contributed by atoms with Crippen molar-refractivity contribution in [1.29, 1.82) is 0 Å². The van der Waals surface area contributed by atoms with E-state index >= 15 is 0 Å². The molecule has 0 unspecified atom stereocenters. The van der Waals surface area contributed by atoms with Gasteiger partial charge >= 0.3 is 0 Å². The summed E-state index contributed by atoms with van der Waals surface area (Å²) < 4.78 is 1.94. The Hall–Kier alpha value is -3.41. The second kappa shape index (κ2) is 8.95. The highest BCUT2D eigenvalue weighted by Crippen LogP contribution is 2.22. The quantitative estimate of drug-likeness (QED) is 0.661. The summed E-state index contributed by atoms with van der Waals surface area (Å²) in [4.78, 5) is 26.3. The SMILES string of the molecule is CCC(=O)Nc1cccc(C(=O)N(C)Cc2c(C)nn(-c3ccccc3C)c2C)c1. The number of hydrogen-bond donors (Lipinski definition) is 1. The summed E-state index contributed by atoms with van der Waals surface area (Å²) in [6.07, 6.45) is 0.390. The van der Waals surface area contributed by atoms with Crippen LogP contribution in [0.3, 0.4) is 0 Å². The number of hydrogen-bond acceptors (Lipinski definition) is 3. The van der Waals surface area contributed by atoms with Crippen molar-refractivity contribution in [2.24, 2.45) is 0 Å². The second-order valence-electron chi connectivity index (χ2n) is 7.49. The Morgan fingerprint density at radius 2 is 1.80 bits per heavy atom. The zero-order valence-corrected chi connectivity index (χ0v) is 18.2. The Morgan fingerprint density at radius 1 is 1.07 bits per heavy atom. The van der Waals surface area contributed by atoms with E-state index in [4.69, 9.17) is 5.10 Å². The summed E-state index contributed by atoms with van der Waals surface area (Å²) in [6.45, 7) is 8.30. The zero-order chi connectivity index (χ0) is 21.8. The maximum absolute atomic E-state index is 13.0. The number of carbonyl (C=O) groups is 2. The predicted octanol–water partition coefficient (Wildman–Crippen LogP) is 4.42. The van der Waals surface area contributed by atoms with E-state index in [1.54, 1.807) is 43.1 Å². The lowest BCUT2D eigenvalue weighted by molar-refractivity contribution is -0.115. The third-order valence-corrected chi connectivity index (χ3v) is 5.24. The minimum atomic E-state index is -0.106. The fourth-order valence-corrected chi connectivity index (χ4v) is 3.45. The van der Waals surface area contributed by atoms with Crippen LogP contribution in [0.4, 0.5) is 5.69 Å². The summed E-state index contributed by atoms with van der Waals surface area (Å²) in [7, 11) is 1.78. The molecule has 1 heterocycles. The normalized spacial score (nSPS) is 10.7. The summed E-state index contributed by atoms with van der Waals surface area (Å²) >= 11 is 0. The molecule has 0 atom stereocenters. The fourth-order valence-electron chi connectivity index (χ4n) is 3.45. The topological polar surface area (TPSA) is 67.2 Å². The van der Waals surface area contributed by atoms with E-state index in [1.165, 1.54) is 0 Å². The molecule has 0 saturated carbocycles. The van der Waals surface area contributed by atoms with Gasteiger partial charge in [-0.3, -0.25) is 9.59 Å². The van der Waals surface area contributed by atoms with Gasteiger partial charge in [-0.15, -0.1) is 0 Å². The number of para-hydroxylation sites is 1. The molecule has 30 heavy (non-hydrogen) atoms. The maximum atomic E-state index is 13.0. The van der Waals surface area contributed by atoms with Crippen molar-refractivity contribution < 1.29 is 9.59 Å². The first-order valence-corrected chi connectivity index (χ1v) is 10.1. The Balaban J connectivity index is 1.82. The van der Waals surface area contributed by atoms with Gasteiger partial charge in [-0.25, -0.2) is 4.68 Å². The van der Waals surface area contributed by atoms with Crippen molar-refractivity contribution in [2.45, 2.75) is 40.7 Å². The van der Waals surface area contributed by atoms with Crippen molar-refractivity contribution in [3.8, 4) is 5.69 Å². The number of benzene rings is 2. The van der Waals surface area contributed by atoms with Gasteiger partial charge in [-0.05, 0) is 50.6 Å². The minimum absolute atomic E-state index is 0.0807. The zero-order valence-electron chi connectivity index (χ0n) is 18.2. The average Bonchev–Trinajstić information content (AvgIpc) is 3.01. The highest BCUT2D eigenvalue weighted by Gasteiger charge is 2.19. The first kappa shape index (κ1) is 21.3. The van der Waals surface area contributed by atoms with Crippen LogP contribution in [0, 0.1) is 20.8 Å². The Labute approximate surface area is 177 Å². The maximum Gasteiger partial charge on any atom is 0.253 e. The molecule has 2 amide bonds. The van der Waals surface area contributed by atoms with E-state index in [1.807, 2.05) is 36.7 Å². The summed E-state index contributed by atoms with van der Waals surface area (Å²) in [5.41, 5.74) is 6.30. The number of anilines is 1. The van der Waals surface area contributed by atoms with E-state index in [0.29, 0.717) is 24.2 Å². The van der Waals surface area contributed by atoms with Crippen LogP contribution >= 0.6 is 0 Å². The lowest BCUT2D eigenvalue weighted by Gasteiger charge is -2.18. The average molecular weight is 405 g/mol. The van der Waals surface area contributed by atoms with Crippen molar-refractivity contribution >= 4 is 17.5 Å². The first-order chi connectivity index (χ1) is 14.3. The van der Waals surface area contributed by atoms with Gasteiger partial charge in [0.15, 0.2) is 0 Å². The lowest BCUT2D eigenvalue weighted by Crippen LogP contribution is -2.27. The third kappa shape index (κ3) is 4.43. The van der Waals surface area contributed by atoms with Crippen LogP contribution in [0.25, 0.3) is 5.69 Å². The Morgan fingerprint density at radius 3 is 2.50 bits per heavy atom. The highest BCUT2D eigenvalue weighted by molar-refractivity contribution is 5.97. The van der Waals surface area contributed by atoms with Crippen LogP contribution in [-0.2, 0) is 11.3 Å². The number of aromatic nitrogens is 2. The van der Waals surface area contributed by atoms with Crippen LogP contribution < -0.4 is 5.32 Å². The van der Waals surface area contributed by atoms with E-state index in [-0.39, 0.29) is 11.8 Å². The standard InChI is InChI=1S/C24H28N4O2/c1-6-23(29)25-20-12-9-11-19(14-20)24(30)27(5)15-21-17(3)26-28(18(21)4)22-13-8-7-10-16(22)2/h7-14H,6,15H2,1-5H3,(H,25,29). The van der Waals surface area contributed by atoms with Crippen molar-refractivity contribution in [3.05, 3.63) is 76.6 Å². The van der Waals surface area contributed by atoms with E-state index in [0.717, 1.165) is 28.2 Å². The molecule has 0 spiro atoms. The largest absolute Gasteiger partial charge is 0.337 e. The molecule has 3 rings (SSSR count). The van der Waals surface area contributed by atoms with Crippen LogP contribution in [-0.4, -0.2) is 33.5 Å². The number of carbonyl (C=O) groups excluding carboxylic acids is 2. The molecular weight excluding hydrogens is 376 g/mol. The second-order valence-corrected chi connectivity index (χ2v) is 7.49. The summed E-state index contributed by atoms with van der Waals surface area (Å²) in [5, 5.41) is 7.51. The molecule has 3 aromatic rings. The van der Waals surface area contributed by atoms with Gasteiger partial charge in [0, 0.05) is 42.5 Å². The van der Waals surface area contributed by atoms with Gasteiger partial charge in [0.2, 0.25) is 5.91 Å². The van der Waals surface area contributed by atoms with Gasteiger partial charge in [0.1, 0.15) is 0 Å². The minimum Gasteiger partial charge on any atom is -0.337 e. The molecule has 6 heteroatoms. The number of nitrogens with zero attached hydrogens (tertiary/aromatic N) is 3. The molecule has 0 saturated heterocycles. The molecule has 0 aliphatic carbocycles. The molecule has 156 valence electrons. The van der Waals surface area contributed by atoms with Crippen molar-refractivity contribution in [1.82, 2.24) is 14.7 Å². The van der Waals surface area contributed by atoms with Gasteiger partial charge in [-0.1, -0.05) is 31.2 Å². The van der Waals surface area contributed by atoms with Crippen LogP contribution in [0.5, 0.6) is 0 Å². The fraction of sp³-hybridized carbons (Fsp3) is 0.292. The molecule has 0 fully saturated rings. The number of nitrogens with one attached hydrogen (secondary N) is 1. The van der Waals surface area contributed by atoms with Gasteiger partial charge < -0.3 is 10.2 Å². The van der Waals surface area contributed by atoms with E-state index in [2.05, 4.69) is 18.3 Å². The summed E-state index contributed by atoms with van der Waals surface area (Å²) in [5.74, 6) is -0.187. The lowest BCUT2D eigenvalue weighted by atomic mass is 10.1. The third-order valence-electron chi connectivity index (χ3n) is 5.24. The molecule has 2 aromatic carbocycles. The van der Waals surface area contributed by atoms with E-state index < -0.39 is 0 Å². The van der Waals surface area contributed by atoms with Crippen molar-refractivity contribution in [2.75, 3.05) is 12.4 Å². The molecule has 0 aliphatic heterocycles. The number of aryl methyl sites for hydroxylation is 2. The van der Waals surface area contributed by atoms with Gasteiger partial charge in [-0.2, -0.15) is 5.10 Å². The van der Waals surface area contributed by atoms with E-state index in [9.17, 15) is 9.59 Å². The molecule has 1 N–H and O–H groups in total. The number of amides is 2. The molecule has 1 aromatic heterocycles. The van der Waals surface area contributed by atoms with Gasteiger partial charge in [0.05, 0.1) is 11.4 Å². The summed E-state index contributed by atoms with van der Waals surface area (Å²) in [6, 6.07) is 15.1. The molecule has 0 radical (unpaired) electrons. The molecule has 0 bridgehead atoms. The smallest absolute Gasteiger partial charge is 0.253 e. The molecule has 0 aliphatic rings. The van der Waals surface area contributed by atoms with Gasteiger partial charge in [0.25, 0.3) is 5.91 Å². The Bertz CT molecular complexity index is 1080. The monoisotopic (exact) mass is 404 g/mol. The highest BCUT2D eigenvalue weighted by atomic mass is 16.2. The Kier molecular flexibility index (Phi) is 6.35. The first-order valence-electron chi connectivity index (χ1n) is 10.1. The van der Waals surface area contributed by atoms with Crippen LogP contribution in [0.15, 0.2) is 48.5 Å². The number of rotatable bonds is 6. The van der Waals surface area contributed by atoms with Crippen molar-refractivity contribution in [3.63, 3.8) is 0 Å². The van der Waals surface area contributed by atoms with Crippen LogP contribution in [0.2, 0.25) is 0 Å². The molecular formula is C24H28N4O2. The predicted molar refractivity (Wildman–Crippen MR) is 119 cm³/mol.